The summed E-state index contributed by atoms with van der Waals surface area (Å²) in [6, 6.07) is 12.6. The first-order chi connectivity index (χ1) is 13.0. The van der Waals surface area contributed by atoms with Gasteiger partial charge < -0.3 is 10.6 Å². The smallest absolute Gasteiger partial charge is 0.276 e. The van der Waals surface area contributed by atoms with E-state index >= 15 is 0 Å². The lowest BCUT2D eigenvalue weighted by Crippen LogP contribution is -2.17. The zero-order valence-corrected chi connectivity index (χ0v) is 14.0. The molecule has 0 aliphatic heterocycles. The predicted octanol–water partition coefficient (Wildman–Crippen LogP) is 3.80. The number of para-hydroxylation sites is 1. The van der Waals surface area contributed by atoms with Crippen molar-refractivity contribution in [3.05, 3.63) is 83.3 Å². The molecule has 0 spiro atoms. The summed E-state index contributed by atoms with van der Waals surface area (Å²) in [5.41, 5.74) is -0.0745. The number of nitrogens with zero attached hydrogens (tertiary/aromatic N) is 2. The van der Waals surface area contributed by atoms with E-state index in [1.807, 2.05) is 0 Å². The molecular weight excluding hydrogens is 357 g/mol. The van der Waals surface area contributed by atoms with Crippen LogP contribution in [0.5, 0.6) is 0 Å². The van der Waals surface area contributed by atoms with Crippen molar-refractivity contribution in [2.24, 2.45) is 0 Å². The van der Waals surface area contributed by atoms with Gasteiger partial charge in [-0.3, -0.25) is 4.79 Å². The molecule has 1 heterocycles. The maximum Gasteiger partial charge on any atom is 0.276 e. The van der Waals surface area contributed by atoms with Crippen molar-refractivity contribution in [3.63, 3.8) is 0 Å². The van der Waals surface area contributed by atoms with Crippen molar-refractivity contribution < 1.29 is 18.0 Å². The van der Waals surface area contributed by atoms with Crippen molar-refractivity contribution in [2.75, 3.05) is 17.2 Å². The Morgan fingerprint density at radius 3 is 2.22 bits per heavy atom. The first-order valence-corrected chi connectivity index (χ1v) is 8.11. The molecule has 0 fully saturated rings. The SMILES string of the molecule is O=C(Nc1c(F)cccc1F)c1ccc(NCCc2ccccc2F)nn1. The Bertz CT molecular complexity index is 928. The van der Waals surface area contributed by atoms with Gasteiger partial charge in [0.1, 0.15) is 29.0 Å². The van der Waals surface area contributed by atoms with Crippen LogP contribution in [0.2, 0.25) is 0 Å². The largest absolute Gasteiger partial charge is 0.368 e. The summed E-state index contributed by atoms with van der Waals surface area (Å²) in [6.45, 7) is 0.418. The Labute approximate surface area is 153 Å². The second kappa shape index (κ2) is 8.31. The van der Waals surface area contributed by atoms with Gasteiger partial charge in [-0.1, -0.05) is 24.3 Å². The number of hydrogen-bond donors (Lipinski definition) is 2. The molecule has 3 aromatic rings. The van der Waals surface area contributed by atoms with Crippen molar-refractivity contribution >= 4 is 17.4 Å². The van der Waals surface area contributed by atoms with Crippen LogP contribution in [-0.2, 0) is 6.42 Å². The zero-order chi connectivity index (χ0) is 19.2. The van der Waals surface area contributed by atoms with Gasteiger partial charge in [-0.2, -0.15) is 0 Å². The van der Waals surface area contributed by atoms with E-state index in [-0.39, 0.29) is 11.5 Å². The lowest BCUT2D eigenvalue weighted by Gasteiger charge is -2.08. The number of hydrogen-bond acceptors (Lipinski definition) is 4. The third kappa shape index (κ3) is 4.60. The van der Waals surface area contributed by atoms with Gasteiger partial charge in [0.15, 0.2) is 5.69 Å². The number of aromatic nitrogens is 2. The molecule has 0 aliphatic carbocycles. The van der Waals surface area contributed by atoms with E-state index in [0.29, 0.717) is 24.3 Å². The van der Waals surface area contributed by atoms with Crippen molar-refractivity contribution in [1.29, 1.82) is 0 Å². The minimum absolute atomic E-state index is 0.0997. The molecule has 0 bridgehead atoms. The van der Waals surface area contributed by atoms with E-state index in [0.717, 1.165) is 12.1 Å². The second-order valence-electron chi connectivity index (χ2n) is 5.62. The van der Waals surface area contributed by atoms with Crippen LogP contribution in [0, 0.1) is 17.5 Å². The van der Waals surface area contributed by atoms with Crippen LogP contribution in [0.4, 0.5) is 24.7 Å². The molecule has 5 nitrogen and oxygen atoms in total. The average Bonchev–Trinajstić information content (AvgIpc) is 2.67. The lowest BCUT2D eigenvalue weighted by atomic mass is 10.1. The average molecular weight is 372 g/mol. The summed E-state index contributed by atoms with van der Waals surface area (Å²) in [5.74, 6) is -2.45. The Kier molecular flexibility index (Phi) is 5.65. The molecule has 1 amide bonds. The molecule has 138 valence electrons. The predicted molar refractivity (Wildman–Crippen MR) is 94.9 cm³/mol. The number of benzene rings is 2. The van der Waals surface area contributed by atoms with E-state index in [1.54, 1.807) is 18.2 Å². The highest BCUT2D eigenvalue weighted by Crippen LogP contribution is 2.18. The third-order valence-corrected chi connectivity index (χ3v) is 3.76. The highest BCUT2D eigenvalue weighted by molar-refractivity contribution is 6.02. The molecule has 8 heteroatoms. The maximum atomic E-state index is 13.6. The Balaban J connectivity index is 1.58. The molecule has 0 saturated carbocycles. The molecule has 2 N–H and O–H groups in total. The number of halogens is 3. The first-order valence-electron chi connectivity index (χ1n) is 8.11. The van der Waals surface area contributed by atoms with E-state index in [2.05, 4.69) is 20.8 Å². The molecule has 27 heavy (non-hydrogen) atoms. The second-order valence-corrected chi connectivity index (χ2v) is 5.62. The standard InChI is InChI=1S/C19H15F3N4O/c20-13-5-2-1-4-12(13)10-11-23-17-9-8-16(25-26-17)19(27)24-18-14(21)6-3-7-15(18)22/h1-9H,10-11H2,(H,23,26)(H,24,27). The molecule has 0 aliphatic rings. The molecule has 0 radical (unpaired) electrons. The minimum Gasteiger partial charge on any atom is -0.368 e. The van der Waals surface area contributed by atoms with Gasteiger partial charge in [0.05, 0.1) is 0 Å². The van der Waals surface area contributed by atoms with Crippen LogP contribution >= 0.6 is 0 Å². The first kappa shape index (κ1) is 18.4. The van der Waals surface area contributed by atoms with Crippen LogP contribution in [-0.4, -0.2) is 22.6 Å². The van der Waals surface area contributed by atoms with E-state index in [4.69, 9.17) is 0 Å². The number of carbonyl (C=O) groups is 1. The summed E-state index contributed by atoms with van der Waals surface area (Å²) in [7, 11) is 0. The Hall–Kier alpha value is -3.42. The van der Waals surface area contributed by atoms with E-state index in [1.165, 1.54) is 24.3 Å². The highest BCUT2D eigenvalue weighted by Gasteiger charge is 2.14. The summed E-state index contributed by atoms with van der Waals surface area (Å²) in [6.07, 6.45) is 0.448. The fraction of sp³-hybridized carbons (Fsp3) is 0.105. The van der Waals surface area contributed by atoms with Gasteiger partial charge in [-0.05, 0) is 42.3 Å². The van der Waals surface area contributed by atoms with Crippen LogP contribution in [0.25, 0.3) is 0 Å². The van der Waals surface area contributed by atoms with Crippen molar-refractivity contribution in [3.8, 4) is 0 Å². The molecule has 0 atom stereocenters. The highest BCUT2D eigenvalue weighted by atomic mass is 19.1. The fourth-order valence-corrected chi connectivity index (χ4v) is 2.37. The molecule has 1 aromatic heterocycles. The van der Waals surface area contributed by atoms with Crippen LogP contribution < -0.4 is 10.6 Å². The zero-order valence-electron chi connectivity index (χ0n) is 14.0. The maximum absolute atomic E-state index is 13.6. The summed E-state index contributed by atoms with van der Waals surface area (Å²) in [5, 5.41) is 12.7. The van der Waals surface area contributed by atoms with E-state index in [9.17, 15) is 18.0 Å². The number of amides is 1. The Morgan fingerprint density at radius 2 is 1.56 bits per heavy atom. The van der Waals surface area contributed by atoms with Crippen LogP contribution in [0.1, 0.15) is 16.1 Å². The minimum atomic E-state index is -0.886. The quantitative estimate of drug-likeness (QED) is 0.691. The van der Waals surface area contributed by atoms with Crippen molar-refractivity contribution in [1.82, 2.24) is 10.2 Å². The fourth-order valence-electron chi connectivity index (χ4n) is 2.37. The van der Waals surface area contributed by atoms with Gasteiger partial charge in [0, 0.05) is 6.54 Å². The van der Waals surface area contributed by atoms with Crippen molar-refractivity contribution in [2.45, 2.75) is 6.42 Å². The molecule has 2 aromatic carbocycles. The molecule has 3 rings (SSSR count). The monoisotopic (exact) mass is 372 g/mol. The summed E-state index contributed by atoms with van der Waals surface area (Å²) < 4.78 is 40.7. The van der Waals surface area contributed by atoms with Gasteiger partial charge in [-0.25, -0.2) is 13.2 Å². The number of nitrogens with one attached hydrogen (secondary N) is 2. The number of anilines is 2. The van der Waals surface area contributed by atoms with Gasteiger partial charge in [0.2, 0.25) is 0 Å². The summed E-state index contributed by atoms with van der Waals surface area (Å²) >= 11 is 0. The molecular formula is C19H15F3N4O. The van der Waals surface area contributed by atoms with Gasteiger partial charge in [-0.15, -0.1) is 10.2 Å². The Morgan fingerprint density at radius 1 is 0.852 bits per heavy atom. The summed E-state index contributed by atoms with van der Waals surface area (Å²) in [4.78, 5) is 12.1. The third-order valence-electron chi connectivity index (χ3n) is 3.76. The van der Waals surface area contributed by atoms with Gasteiger partial charge >= 0.3 is 0 Å². The van der Waals surface area contributed by atoms with Crippen LogP contribution in [0.15, 0.2) is 54.6 Å². The van der Waals surface area contributed by atoms with Crippen LogP contribution in [0.3, 0.4) is 0 Å². The number of rotatable bonds is 6. The molecule has 0 saturated heterocycles. The van der Waals surface area contributed by atoms with Gasteiger partial charge in [0.25, 0.3) is 5.91 Å². The normalized spacial score (nSPS) is 10.5. The lowest BCUT2D eigenvalue weighted by molar-refractivity contribution is 0.102. The topological polar surface area (TPSA) is 66.9 Å². The number of carbonyl (C=O) groups excluding carboxylic acids is 1. The molecule has 0 unspecified atom stereocenters. The van der Waals surface area contributed by atoms with E-state index < -0.39 is 23.2 Å².